The molecule has 1 fully saturated rings. The zero-order chi connectivity index (χ0) is 16.1. The molecule has 0 radical (unpaired) electrons. The van der Waals surface area contributed by atoms with E-state index < -0.39 is 0 Å². The molecular formula is C21H29NO. The highest BCUT2D eigenvalue weighted by Crippen LogP contribution is 2.32. The Hall–Kier alpha value is -1.57. The Bertz CT molecular complexity index is 642. The van der Waals surface area contributed by atoms with E-state index in [0.717, 1.165) is 38.1 Å². The summed E-state index contributed by atoms with van der Waals surface area (Å²) in [5, 5.41) is 1.30. The van der Waals surface area contributed by atoms with E-state index in [1.54, 1.807) is 0 Å². The van der Waals surface area contributed by atoms with Crippen molar-refractivity contribution in [3.63, 3.8) is 0 Å². The Kier molecular flexibility index (Phi) is 5.53. The Morgan fingerprint density at radius 3 is 2.83 bits per heavy atom. The van der Waals surface area contributed by atoms with Gasteiger partial charge in [-0.05, 0) is 48.6 Å². The Labute approximate surface area is 139 Å². The first kappa shape index (κ1) is 16.3. The summed E-state index contributed by atoms with van der Waals surface area (Å²) in [5.74, 6) is 1.89. The molecular weight excluding hydrogens is 282 g/mol. The van der Waals surface area contributed by atoms with E-state index in [1.165, 1.54) is 36.6 Å². The first-order valence-corrected chi connectivity index (χ1v) is 9.29. The number of fused-ring (bicyclic) bond motifs is 1. The van der Waals surface area contributed by atoms with E-state index in [1.807, 2.05) is 0 Å². The van der Waals surface area contributed by atoms with Gasteiger partial charge in [-0.2, -0.15) is 0 Å². The minimum Gasteiger partial charge on any atom is -0.347 e. The molecule has 2 heteroatoms. The SMILES string of the molecule is C[C@@H]1CCCC[C@@H]1CC(=O)CCCCn1ccc2ccccc21. The highest BCUT2D eigenvalue weighted by molar-refractivity contribution is 5.80. The van der Waals surface area contributed by atoms with Gasteiger partial charge < -0.3 is 4.57 Å². The molecule has 2 atom stereocenters. The van der Waals surface area contributed by atoms with Crippen LogP contribution in [0.3, 0.4) is 0 Å². The van der Waals surface area contributed by atoms with Gasteiger partial charge >= 0.3 is 0 Å². The number of carbonyl (C=O) groups is 1. The summed E-state index contributed by atoms with van der Waals surface area (Å²) in [6.07, 6.45) is 11.1. The van der Waals surface area contributed by atoms with Crippen molar-refractivity contribution in [1.82, 2.24) is 4.57 Å². The van der Waals surface area contributed by atoms with Crippen LogP contribution in [-0.2, 0) is 11.3 Å². The summed E-state index contributed by atoms with van der Waals surface area (Å²) < 4.78 is 2.31. The van der Waals surface area contributed by atoms with Gasteiger partial charge in [0.25, 0.3) is 0 Å². The van der Waals surface area contributed by atoms with Crippen LogP contribution in [-0.4, -0.2) is 10.4 Å². The average Bonchev–Trinajstić information content (AvgIpc) is 2.97. The van der Waals surface area contributed by atoms with Gasteiger partial charge in [-0.15, -0.1) is 0 Å². The van der Waals surface area contributed by atoms with Crippen LogP contribution in [0.4, 0.5) is 0 Å². The van der Waals surface area contributed by atoms with E-state index in [4.69, 9.17) is 0 Å². The number of unbranched alkanes of at least 4 members (excludes halogenated alkanes) is 1. The molecule has 1 aliphatic rings. The predicted molar refractivity (Wildman–Crippen MR) is 96.5 cm³/mol. The number of hydrogen-bond acceptors (Lipinski definition) is 1. The molecule has 0 bridgehead atoms. The Balaban J connectivity index is 1.40. The fourth-order valence-corrected chi connectivity index (χ4v) is 4.03. The smallest absolute Gasteiger partial charge is 0.133 e. The van der Waals surface area contributed by atoms with Gasteiger partial charge in [-0.3, -0.25) is 4.79 Å². The van der Waals surface area contributed by atoms with Crippen LogP contribution in [0.15, 0.2) is 36.5 Å². The lowest BCUT2D eigenvalue weighted by Gasteiger charge is -2.28. The van der Waals surface area contributed by atoms with E-state index in [0.29, 0.717) is 11.7 Å². The molecule has 3 rings (SSSR count). The third kappa shape index (κ3) is 4.25. The number of benzene rings is 1. The quantitative estimate of drug-likeness (QED) is 0.610. The minimum atomic E-state index is 0.487. The summed E-state index contributed by atoms with van der Waals surface area (Å²) in [4.78, 5) is 12.2. The lowest BCUT2D eigenvalue weighted by molar-refractivity contribution is -0.120. The first-order valence-electron chi connectivity index (χ1n) is 9.29. The number of para-hydroxylation sites is 1. The molecule has 2 aromatic rings. The summed E-state index contributed by atoms with van der Waals surface area (Å²) in [6, 6.07) is 10.7. The molecule has 23 heavy (non-hydrogen) atoms. The number of carbonyl (C=O) groups excluding carboxylic acids is 1. The fraction of sp³-hybridized carbons (Fsp3) is 0.571. The zero-order valence-electron chi connectivity index (χ0n) is 14.3. The van der Waals surface area contributed by atoms with Crippen molar-refractivity contribution in [2.24, 2.45) is 11.8 Å². The summed E-state index contributed by atoms with van der Waals surface area (Å²) >= 11 is 0. The number of nitrogens with zero attached hydrogens (tertiary/aromatic N) is 1. The van der Waals surface area contributed by atoms with E-state index in [9.17, 15) is 4.79 Å². The Morgan fingerprint density at radius 2 is 1.96 bits per heavy atom. The largest absolute Gasteiger partial charge is 0.347 e. The highest BCUT2D eigenvalue weighted by atomic mass is 16.1. The molecule has 0 unspecified atom stereocenters. The molecule has 2 nitrogen and oxygen atoms in total. The molecule has 1 aliphatic carbocycles. The monoisotopic (exact) mass is 311 g/mol. The molecule has 0 saturated heterocycles. The van der Waals surface area contributed by atoms with Crippen molar-refractivity contribution in [2.75, 3.05) is 0 Å². The fourth-order valence-electron chi connectivity index (χ4n) is 4.03. The summed E-state index contributed by atoms with van der Waals surface area (Å²) in [6.45, 7) is 3.34. The average molecular weight is 311 g/mol. The topological polar surface area (TPSA) is 22.0 Å². The van der Waals surface area contributed by atoms with Crippen LogP contribution in [0.25, 0.3) is 10.9 Å². The van der Waals surface area contributed by atoms with Crippen LogP contribution in [0.5, 0.6) is 0 Å². The molecule has 0 N–H and O–H groups in total. The molecule has 1 aromatic heterocycles. The maximum absolute atomic E-state index is 12.2. The number of ketones is 1. The van der Waals surface area contributed by atoms with Crippen molar-refractivity contribution in [1.29, 1.82) is 0 Å². The first-order chi connectivity index (χ1) is 11.2. The normalized spacial score (nSPS) is 21.6. The maximum Gasteiger partial charge on any atom is 0.133 e. The Morgan fingerprint density at radius 1 is 1.13 bits per heavy atom. The molecule has 1 saturated carbocycles. The minimum absolute atomic E-state index is 0.487. The number of Topliss-reactive ketones (excluding diaryl/α,β-unsaturated/α-hetero) is 1. The molecule has 1 heterocycles. The number of rotatable bonds is 7. The lowest BCUT2D eigenvalue weighted by Crippen LogP contribution is -2.20. The van der Waals surface area contributed by atoms with Crippen LogP contribution in [0.2, 0.25) is 0 Å². The lowest BCUT2D eigenvalue weighted by atomic mass is 9.77. The number of aromatic nitrogens is 1. The second-order valence-electron chi connectivity index (χ2n) is 7.29. The standard InChI is InChI=1S/C21H29NO/c1-17-8-2-3-10-19(17)16-20(23)11-6-7-14-22-15-13-18-9-4-5-12-21(18)22/h4-5,9,12-13,15,17,19H,2-3,6-8,10-11,14,16H2,1H3/t17-,19-/m1/s1. The van der Waals surface area contributed by atoms with Crippen molar-refractivity contribution < 1.29 is 4.79 Å². The summed E-state index contributed by atoms with van der Waals surface area (Å²) in [5.41, 5.74) is 1.30. The number of aryl methyl sites for hydroxylation is 1. The van der Waals surface area contributed by atoms with Crippen LogP contribution in [0, 0.1) is 11.8 Å². The maximum atomic E-state index is 12.2. The van der Waals surface area contributed by atoms with Gasteiger partial charge in [0.1, 0.15) is 5.78 Å². The molecule has 0 amide bonds. The van der Waals surface area contributed by atoms with Crippen molar-refractivity contribution in [2.45, 2.75) is 64.8 Å². The molecule has 1 aromatic carbocycles. The third-order valence-corrected chi connectivity index (χ3v) is 5.56. The summed E-state index contributed by atoms with van der Waals surface area (Å²) in [7, 11) is 0. The van der Waals surface area contributed by atoms with Gasteiger partial charge in [0.2, 0.25) is 0 Å². The van der Waals surface area contributed by atoms with Gasteiger partial charge in [0.05, 0.1) is 0 Å². The van der Waals surface area contributed by atoms with E-state index >= 15 is 0 Å². The number of hydrogen-bond donors (Lipinski definition) is 0. The predicted octanol–water partition coefficient (Wildman–Crippen LogP) is 5.60. The third-order valence-electron chi connectivity index (χ3n) is 5.56. The van der Waals surface area contributed by atoms with Crippen molar-refractivity contribution >= 4 is 16.7 Å². The van der Waals surface area contributed by atoms with Crippen LogP contribution in [0.1, 0.15) is 58.3 Å². The molecule has 0 spiro atoms. The second kappa shape index (κ2) is 7.81. The molecule has 124 valence electrons. The van der Waals surface area contributed by atoms with Gasteiger partial charge in [0.15, 0.2) is 0 Å². The van der Waals surface area contributed by atoms with Gasteiger partial charge in [-0.25, -0.2) is 0 Å². The zero-order valence-corrected chi connectivity index (χ0v) is 14.3. The van der Waals surface area contributed by atoms with Crippen molar-refractivity contribution in [3.05, 3.63) is 36.5 Å². The molecule has 0 aliphatic heterocycles. The van der Waals surface area contributed by atoms with E-state index in [-0.39, 0.29) is 0 Å². The second-order valence-corrected chi connectivity index (χ2v) is 7.29. The van der Waals surface area contributed by atoms with Crippen LogP contribution < -0.4 is 0 Å². The van der Waals surface area contributed by atoms with E-state index in [2.05, 4.69) is 48.0 Å². The highest BCUT2D eigenvalue weighted by Gasteiger charge is 2.23. The van der Waals surface area contributed by atoms with Gasteiger partial charge in [-0.1, -0.05) is 44.4 Å². The van der Waals surface area contributed by atoms with Gasteiger partial charge in [0, 0.05) is 31.1 Å². The van der Waals surface area contributed by atoms with Crippen molar-refractivity contribution in [3.8, 4) is 0 Å². The van der Waals surface area contributed by atoms with Crippen LogP contribution >= 0.6 is 0 Å².